The monoisotopic (exact) mass is 301 g/mol. The van der Waals surface area contributed by atoms with Gasteiger partial charge in [0.15, 0.2) is 5.17 Å². The maximum absolute atomic E-state index is 4.88. The highest BCUT2D eigenvalue weighted by atomic mass is 32.2. The molecule has 4 heteroatoms. The van der Waals surface area contributed by atoms with E-state index >= 15 is 0 Å². The van der Waals surface area contributed by atoms with Crippen LogP contribution in [0, 0.1) is 0 Å². The molecule has 1 aromatic rings. The summed E-state index contributed by atoms with van der Waals surface area (Å²) < 4.78 is 0. The van der Waals surface area contributed by atoms with Crippen molar-refractivity contribution in [1.82, 2.24) is 10.2 Å². The Kier molecular flexibility index (Phi) is 3.91. The molecule has 3 aliphatic rings. The molecule has 1 aliphatic carbocycles. The summed E-state index contributed by atoms with van der Waals surface area (Å²) in [5.41, 5.74) is 1.40. The van der Waals surface area contributed by atoms with Gasteiger partial charge >= 0.3 is 0 Å². The van der Waals surface area contributed by atoms with Gasteiger partial charge in [0.05, 0.1) is 6.04 Å². The maximum atomic E-state index is 4.88. The molecule has 112 valence electrons. The van der Waals surface area contributed by atoms with Crippen molar-refractivity contribution in [2.24, 2.45) is 4.99 Å². The van der Waals surface area contributed by atoms with Crippen LogP contribution in [0.5, 0.6) is 0 Å². The first-order chi connectivity index (χ1) is 10.4. The second kappa shape index (κ2) is 6.01. The Morgan fingerprint density at radius 1 is 1.19 bits per heavy atom. The number of hydrogen-bond donors (Lipinski definition) is 1. The van der Waals surface area contributed by atoms with E-state index in [0.29, 0.717) is 12.1 Å². The first-order valence-electron chi connectivity index (χ1n) is 8.12. The second-order valence-corrected chi connectivity index (χ2v) is 7.45. The molecule has 2 atom stereocenters. The van der Waals surface area contributed by atoms with E-state index < -0.39 is 0 Å². The average Bonchev–Trinajstić information content (AvgIpc) is 3.11. The van der Waals surface area contributed by atoms with E-state index in [0.717, 1.165) is 18.2 Å². The third-order valence-corrected chi connectivity index (χ3v) is 5.69. The van der Waals surface area contributed by atoms with E-state index in [1.165, 1.54) is 43.1 Å². The van der Waals surface area contributed by atoms with Crippen molar-refractivity contribution in [2.75, 3.05) is 18.8 Å². The molecule has 1 aromatic carbocycles. The van der Waals surface area contributed by atoms with Gasteiger partial charge in [-0.25, -0.2) is 0 Å². The zero-order valence-corrected chi connectivity index (χ0v) is 13.2. The van der Waals surface area contributed by atoms with E-state index in [9.17, 15) is 0 Å². The lowest BCUT2D eigenvalue weighted by Gasteiger charge is -2.16. The topological polar surface area (TPSA) is 27.6 Å². The van der Waals surface area contributed by atoms with Crippen molar-refractivity contribution in [1.29, 1.82) is 0 Å². The van der Waals surface area contributed by atoms with Gasteiger partial charge in [-0.05, 0) is 31.2 Å². The normalized spacial score (nSPS) is 29.6. The Labute approximate surface area is 131 Å². The minimum absolute atomic E-state index is 0.445. The molecule has 2 unspecified atom stereocenters. The average molecular weight is 301 g/mol. The largest absolute Gasteiger partial charge is 0.361 e. The van der Waals surface area contributed by atoms with Crippen LogP contribution in [-0.2, 0) is 6.42 Å². The predicted molar refractivity (Wildman–Crippen MR) is 90.0 cm³/mol. The predicted octanol–water partition coefficient (Wildman–Crippen LogP) is 2.53. The Hall–Kier alpha value is -1.00. The number of hydrogen-bond acceptors (Lipinski definition) is 4. The van der Waals surface area contributed by atoms with Crippen LogP contribution >= 0.6 is 11.8 Å². The van der Waals surface area contributed by atoms with E-state index in [4.69, 9.17) is 4.99 Å². The van der Waals surface area contributed by atoms with Crippen molar-refractivity contribution in [3.05, 3.63) is 35.9 Å². The van der Waals surface area contributed by atoms with Gasteiger partial charge in [0, 0.05) is 30.9 Å². The van der Waals surface area contributed by atoms with Crippen LogP contribution in [0.3, 0.4) is 0 Å². The molecule has 3 nitrogen and oxygen atoms in total. The minimum atomic E-state index is 0.445. The zero-order valence-electron chi connectivity index (χ0n) is 12.4. The molecular formula is C17H23N3S. The van der Waals surface area contributed by atoms with E-state index in [-0.39, 0.29) is 0 Å². The first kappa shape index (κ1) is 13.6. The fourth-order valence-electron chi connectivity index (χ4n) is 3.34. The molecule has 2 heterocycles. The Bertz CT molecular complexity index is 512. The number of aliphatic imine (C=N–C) groups is 1. The minimum Gasteiger partial charge on any atom is -0.361 e. The van der Waals surface area contributed by atoms with E-state index in [2.05, 4.69) is 40.5 Å². The highest BCUT2D eigenvalue weighted by molar-refractivity contribution is 8.14. The van der Waals surface area contributed by atoms with Crippen LogP contribution in [0.2, 0.25) is 0 Å². The fourth-order valence-corrected chi connectivity index (χ4v) is 4.35. The third kappa shape index (κ3) is 3.43. The number of thioether (sulfide) groups is 1. The molecule has 0 spiro atoms. The van der Waals surface area contributed by atoms with Crippen LogP contribution < -0.4 is 5.32 Å². The van der Waals surface area contributed by atoms with Crippen LogP contribution in [0.1, 0.15) is 24.8 Å². The van der Waals surface area contributed by atoms with Crippen LogP contribution in [0.25, 0.3) is 0 Å². The van der Waals surface area contributed by atoms with E-state index in [1.807, 2.05) is 11.8 Å². The lowest BCUT2D eigenvalue weighted by molar-refractivity contribution is 0.322. The van der Waals surface area contributed by atoms with Gasteiger partial charge in [0.25, 0.3) is 0 Å². The molecule has 0 aromatic heterocycles. The molecule has 1 N–H and O–H groups in total. The maximum Gasteiger partial charge on any atom is 0.157 e. The van der Waals surface area contributed by atoms with Crippen molar-refractivity contribution >= 4 is 16.9 Å². The number of rotatable bonds is 4. The van der Waals surface area contributed by atoms with Gasteiger partial charge in [-0.1, -0.05) is 42.1 Å². The van der Waals surface area contributed by atoms with Crippen LogP contribution in [-0.4, -0.2) is 47.0 Å². The van der Waals surface area contributed by atoms with Gasteiger partial charge < -0.3 is 5.32 Å². The summed E-state index contributed by atoms with van der Waals surface area (Å²) >= 11 is 1.90. The molecule has 1 saturated carbocycles. The number of nitrogens with one attached hydrogen (secondary N) is 1. The highest BCUT2D eigenvalue weighted by Gasteiger charge is 2.35. The molecule has 2 aliphatic heterocycles. The Morgan fingerprint density at radius 2 is 2.05 bits per heavy atom. The molecule has 1 saturated heterocycles. The van der Waals surface area contributed by atoms with Gasteiger partial charge in [-0.15, -0.1) is 0 Å². The van der Waals surface area contributed by atoms with Gasteiger partial charge in [0.1, 0.15) is 0 Å². The molecule has 0 amide bonds. The van der Waals surface area contributed by atoms with Crippen molar-refractivity contribution < 1.29 is 0 Å². The molecule has 0 radical (unpaired) electrons. The lowest BCUT2D eigenvalue weighted by Crippen LogP contribution is -2.35. The molecule has 4 rings (SSSR count). The van der Waals surface area contributed by atoms with E-state index in [1.54, 1.807) is 0 Å². The fraction of sp³-hybridized carbons (Fsp3) is 0.588. The molecule has 21 heavy (non-hydrogen) atoms. The summed E-state index contributed by atoms with van der Waals surface area (Å²) in [7, 11) is 0. The summed E-state index contributed by atoms with van der Waals surface area (Å²) in [5, 5.41) is 4.86. The number of nitrogens with zero attached hydrogens (tertiary/aromatic N) is 2. The summed E-state index contributed by atoms with van der Waals surface area (Å²) in [4.78, 5) is 7.53. The third-order valence-electron chi connectivity index (χ3n) is 4.64. The molecule has 2 fully saturated rings. The smallest absolute Gasteiger partial charge is 0.157 e. The molecular weight excluding hydrogens is 278 g/mol. The number of likely N-dealkylation sites (tertiary alicyclic amines) is 1. The van der Waals surface area contributed by atoms with Gasteiger partial charge in [0.2, 0.25) is 0 Å². The van der Waals surface area contributed by atoms with Crippen LogP contribution in [0.4, 0.5) is 0 Å². The lowest BCUT2D eigenvalue weighted by atomic mass is 10.1. The highest BCUT2D eigenvalue weighted by Crippen LogP contribution is 2.30. The number of amidine groups is 1. The number of benzene rings is 1. The summed E-state index contributed by atoms with van der Waals surface area (Å²) in [6, 6.07) is 12.7. The second-order valence-electron chi connectivity index (χ2n) is 6.44. The standard InChI is InChI=1S/C17H23N3S/c1-2-4-13(5-3-1)10-15-12-21-17(19-15)18-14-8-9-20(11-14)16-6-7-16/h1-5,14-16H,6-12H2,(H,18,19). The quantitative estimate of drug-likeness (QED) is 0.926. The van der Waals surface area contributed by atoms with Gasteiger partial charge in [-0.3, -0.25) is 9.89 Å². The first-order valence-corrected chi connectivity index (χ1v) is 9.10. The summed E-state index contributed by atoms with van der Waals surface area (Å²) in [5.74, 6) is 1.12. The van der Waals surface area contributed by atoms with Crippen molar-refractivity contribution in [2.45, 2.75) is 43.8 Å². The van der Waals surface area contributed by atoms with Gasteiger partial charge in [-0.2, -0.15) is 0 Å². The summed E-state index contributed by atoms with van der Waals surface area (Å²) in [6.45, 7) is 2.49. The Balaban J connectivity index is 1.29. The SMILES string of the molecule is c1ccc(CC2CSC(NC3CCN(C4CC4)C3)=N2)cc1. The Morgan fingerprint density at radius 3 is 2.86 bits per heavy atom. The van der Waals surface area contributed by atoms with Crippen molar-refractivity contribution in [3.63, 3.8) is 0 Å². The van der Waals surface area contributed by atoms with Crippen LogP contribution in [0.15, 0.2) is 35.3 Å². The van der Waals surface area contributed by atoms with Crippen molar-refractivity contribution in [3.8, 4) is 0 Å². The summed E-state index contributed by atoms with van der Waals surface area (Å²) in [6.07, 6.45) is 5.18. The molecule has 0 bridgehead atoms. The zero-order chi connectivity index (χ0) is 14.1.